The lowest BCUT2D eigenvalue weighted by atomic mass is 9.99. The van der Waals surface area contributed by atoms with Crippen molar-refractivity contribution in [2.24, 2.45) is 5.16 Å². The Labute approximate surface area is 121 Å². The third kappa shape index (κ3) is 2.00. The molecule has 1 aliphatic heterocycles. The molecule has 1 aromatic heterocycles. The highest BCUT2D eigenvalue weighted by atomic mass is 32.1. The number of benzene rings is 1. The summed E-state index contributed by atoms with van der Waals surface area (Å²) in [5, 5.41) is 16.3. The molecule has 0 aliphatic carbocycles. The Morgan fingerprint density at radius 1 is 1.35 bits per heavy atom. The van der Waals surface area contributed by atoms with Crippen molar-refractivity contribution in [3.8, 4) is 0 Å². The van der Waals surface area contributed by atoms with E-state index >= 15 is 0 Å². The fourth-order valence-electron chi connectivity index (χ4n) is 2.47. The molecule has 2 aromatic rings. The van der Waals surface area contributed by atoms with Gasteiger partial charge in [0.25, 0.3) is 5.91 Å². The van der Waals surface area contributed by atoms with Gasteiger partial charge in [-0.2, -0.15) is 11.3 Å². The van der Waals surface area contributed by atoms with Crippen molar-refractivity contribution in [2.75, 3.05) is 11.4 Å². The molecule has 1 N–H and O–H groups in total. The molecule has 1 amide bonds. The second kappa shape index (κ2) is 5.09. The average Bonchev–Trinajstić information content (AvgIpc) is 2.91. The molecule has 0 bridgehead atoms. The van der Waals surface area contributed by atoms with Crippen molar-refractivity contribution in [3.05, 3.63) is 51.7 Å². The molecule has 2 heterocycles. The Morgan fingerprint density at radius 3 is 2.85 bits per heavy atom. The summed E-state index contributed by atoms with van der Waals surface area (Å²) in [6.45, 7) is 2.48. The number of hydrogen-bond donors (Lipinski definition) is 1. The standard InChI is InChI=1S/C15H14N2O2S/c1-10-8-20-9-12(10)15(18)17-7-6-13(16-19)11-4-2-3-5-14(11)17/h2-5,8-9,19H,6-7H2,1H3. The molecule has 102 valence electrons. The van der Waals surface area contributed by atoms with Crippen molar-refractivity contribution in [1.82, 2.24) is 0 Å². The van der Waals surface area contributed by atoms with E-state index in [0.29, 0.717) is 18.7 Å². The number of carbonyl (C=O) groups is 1. The number of carbonyl (C=O) groups excluding carboxylic acids is 1. The van der Waals surface area contributed by atoms with E-state index in [0.717, 1.165) is 22.4 Å². The van der Waals surface area contributed by atoms with Gasteiger partial charge in [-0.05, 0) is 23.9 Å². The van der Waals surface area contributed by atoms with Gasteiger partial charge in [-0.1, -0.05) is 23.4 Å². The van der Waals surface area contributed by atoms with Crippen molar-refractivity contribution in [2.45, 2.75) is 13.3 Å². The molecular weight excluding hydrogens is 272 g/mol. The average molecular weight is 286 g/mol. The largest absolute Gasteiger partial charge is 0.411 e. The molecule has 1 aliphatic rings. The lowest BCUT2D eigenvalue weighted by Crippen LogP contribution is -2.37. The number of para-hydroxylation sites is 1. The number of amides is 1. The van der Waals surface area contributed by atoms with Gasteiger partial charge in [0, 0.05) is 23.9 Å². The number of fused-ring (bicyclic) bond motifs is 1. The number of rotatable bonds is 1. The second-order valence-corrected chi connectivity index (χ2v) is 5.48. The summed E-state index contributed by atoms with van der Waals surface area (Å²) in [5.74, 6) is 0.00758. The number of oxime groups is 1. The zero-order chi connectivity index (χ0) is 14.1. The van der Waals surface area contributed by atoms with Crippen LogP contribution in [0.5, 0.6) is 0 Å². The van der Waals surface area contributed by atoms with E-state index in [-0.39, 0.29) is 5.91 Å². The third-order valence-electron chi connectivity index (χ3n) is 3.53. The van der Waals surface area contributed by atoms with Crippen molar-refractivity contribution in [3.63, 3.8) is 0 Å². The molecule has 3 rings (SSSR count). The van der Waals surface area contributed by atoms with Crippen LogP contribution in [-0.2, 0) is 0 Å². The van der Waals surface area contributed by atoms with Crippen molar-refractivity contribution in [1.29, 1.82) is 0 Å². The van der Waals surface area contributed by atoms with Gasteiger partial charge in [0.05, 0.1) is 17.0 Å². The van der Waals surface area contributed by atoms with E-state index in [4.69, 9.17) is 5.21 Å². The Bertz CT molecular complexity index is 691. The fraction of sp³-hybridized carbons (Fsp3) is 0.200. The van der Waals surface area contributed by atoms with Gasteiger partial charge >= 0.3 is 0 Å². The van der Waals surface area contributed by atoms with Crippen LogP contribution >= 0.6 is 11.3 Å². The maximum atomic E-state index is 12.7. The van der Waals surface area contributed by atoms with Crippen molar-refractivity contribution < 1.29 is 10.0 Å². The molecule has 0 saturated carbocycles. The Morgan fingerprint density at radius 2 is 2.15 bits per heavy atom. The monoisotopic (exact) mass is 286 g/mol. The zero-order valence-corrected chi connectivity index (χ0v) is 11.9. The van der Waals surface area contributed by atoms with E-state index in [2.05, 4.69) is 5.16 Å². The second-order valence-electron chi connectivity index (χ2n) is 4.74. The van der Waals surface area contributed by atoms with Crippen LogP contribution < -0.4 is 4.90 Å². The van der Waals surface area contributed by atoms with Crippen LogP contribution in [0.15, 0.2) is 40.2 Å². The minimum atomic E-state index is 0.00758. The zero-order valence-electron chi connectivity index (χ0n) is 11.0. The number of thiophene rings is 1. The molecule has 0 fully saturated rings. The first-order valence-corrected chi connectivity index (χ1v) is 7.31. The number of aryl methyl sites for hydroxylation is 1. The molecule has 5 heteroatoms. The van der Waals surface area contributed by atoms with E-state index < -0.39 is 0 Å². The van der Waals surface area contributed by atoms with Gasteiger partial charge in [-0.25, -0.2) is 0 Å². The first-order chi connectivity index (χ1) is 9.72. The van der Waals surface area contributed by atoms with Crippen molar-refractivity contribution >= 4 is 28.6 Å². The van der Waals surface area contributed by atoms with E-state index in [1.165, 1.54) is 11.3 Å². The Balaban J connectivity index is 2.04. The maximum Gasteiger partial charge on any atom is 0.259 e. The lowest BCUT2D eigenvalue weighted by Gasteiger charge is -2.29. The summed E-state index contributed by atoms with van der Waals surface area (Å²) in [4.78, 5) is 14.4. The fourth-order valence-corrected chi connectivity index (χ4v) is 3.29. The molecule has 0 atom stereocenters. The van der Waals surface area contributed by atoms with Crippen LogP contribution in [0.25, 0.3) is 0 Å². The molecule has 0 saturated heterocycles. The van der Waals surface area contributed by atoms with Crippen LogP contribution in [0.3, 0.4) is 0 Å². The van der Waals surface area contributed by atoms with E-state index in [1.54, 1.807) is 4.90 Å². The first-order valence-electron chi connectivity index (χ1n) is 6.37. The highest BCUT2D eigenvalue weighted by molar-refractivity contribution is 7.08. The third-order valence-corrected chi connectivity index (χ3v) is 4.39. The van der Waals surface area contributed by atoms with Gasteiger partial charge in [0.15, 0.2) is 0 Å². The summed E-state index contributed by atoms with van der Waals surface area (Å²) in [6, 6.07) is 7.54. The normalized spacial score (nSPS) is 16.2. The maximum absolute atomic E-state index is 12.7. The number of anilines is 1. The quantitative estimate of drug-likeness (QED) is 0.646. The van der Waals surface area contributed by atoms with Gasteiger partial charge in [-0.15, -0.1) is 0 Å². The van der Waals surface area contributed by atoms with Crippen LogP contribution in [0, 0.1) is 6.92 Å². The summed E-state index contributed by atoms with van der Waals surface area (Å²) >= 11 is 1.53. The van der Waals surface area contributed by atoms with Crippen LogP contribution in [0.2, 0.25) is 0 Å². The smallest absolute Gasteiger partial charge is 0.259 e. The van der Waals surface area contributed by atoms with Crippen LogP contribution in [0.1, 0.15) is 27.9 Å². The summed E-state index contributed by atoms with van der Waals surface area (Å²) in [5.41, 5.74) is 4.00. The Kier molecular flexibility index (Phi) is 3.28. The Hall–Kier alpha value is -2.14. The SMILES string of the molecule is Cc1cscc1C(=O)N1CCC(=NO)c2ccccc21. The molecule has 0 radical (unpaired) electrons. The first kappa shape index (κ1) is 12.9. The summed E-state index contributed by atoms with van der Waals surface area (Å²) in [6.07, 6.45) is 0.558. The van der Waals surface area contributed by atoms with Crippen LogP contribution in [0.4, 0.5) is 5.69 Å². The van der Waals surface area contributed by atoms with E-state index in [1.807, 2.05) is 41.9 Å². The number of nitrogens with zero attached hydrogens (tertiary/aromatic N) is 2. The predicted octanol–water partition coefficient (Wildman–Crippen LogP) is 3.29. The van der Waals surface area contributed by atoms with Gasteiger partial charge in [0.2, 0.25) is 0 Å². The highest BCUT2D eigenvalue weighted by Crippen LogP contribution is 2.29. The number of hydrogen-bond acceptors (Lipinski definition) is 4. The van der Waals surface area contributed by atoms with Gasteiger partial charge in [-0.3, -0.25) is 4.79 Å². The predicted molar refractivity (Wildman–Crippen MR) is 80.1 cm³/mol. The minimum absolute atomic E-state index is 0.00758. The van der Waals surface area contributed by atoms with Gasteiger partial charge in [0.1, 0.15) is 0 Å². The molecule has 0 unspecified atom stereocenters. The van der Waals surface area contributed by atoms with Gasteiger partial charge < -0.3 is 10.1 Å². The van der Waals surface area contributed by atoms with Crippen LogP contribution in [-0.4, -0.2) is 23.4 Å². The topological polar surface area (TPSA) is 52.9 Å². The lowest BCUT2D eigenvalue weighted by molar-refractivity contribution is 0.0987. The molecule has 0 spiro atoms. The molecule has 4 nitrogen and oxygen atoms in total. The van der Waals surface area contributed by atoms with E-state index in [9.17, 15) is 4.79 Å². The summed E-state index contributed by atoms with van der Waals surface area (Å²) < 4.78 is 0. The highest BCUT2D eigenvalue weighted by Gasteiger charge is 2.27. The minimum Gasteiger partial charge on any atom is -0.411 e. The molecule has 20 heavy (non-hydrogen) atoms. The molecule has 1 aromatic carbocycles. The molecular formula is C15H14N2O2S. The summed E-state index contributed by atoms with van der Waals surface area (Å²) in [7, 11) is 0.